The molecular formula is C15H13FO2. The molecule has 3 heteroatoms. The highest BCUT2D eigenvalue weighted by atomic mass is 19.1. The van der Waals surface area contributed by atoms with Crippen LogP contribution >= 0.6 is 0 Å². The molecule has 1 aliphatic carbocycles. The van der Waals surface area contributed by atoms with Gasteiger partial charge in [-0.15, -0.1) is 0 Å². The number of ketones is 1. The van der Waals surface area contributed by atoms with E-state index in [0.717, 1.165) is 31.3 Å². The number of hydrogen-bond acceptors (Lipinski definition) is 2. The molecule has 0 fully saturated rings. The van der Waals surface area contributed by atoms with Gasteiger partial charge in [0, 0.05) is 5.39 Å². The molecule has 3 rings (SSSR count). The topological polar surface area (TPSA) is 30.2 Å². The first-order valence-corrected chi connectivity index (χ1v) is 6.17. The van der Waals surface area contributed by atoms with Crippen molar-refractivity contribution in [2.45, 2.75) is 25.7 Å². The Labute approximate surface area is 104 Å². The largest absolute Gasteiger partial charge is 0.453 e. The van der Waals surface area contributed by atoms with Crippen LogP contribution in [0, 0.1) is 5.82 Å². The van der Waals surface area contributed by atoms with Gasteiger partial charge in [0.15, 0.2) is 5.76 Å². The van der Waals surface area contributed by atoms with Crippen molar-refractivity contribution in [3.05, 3.63) is 47.5 Å². The first kappa shape index (κ1) is 11.2. The molecule has 0 unspecified atom stereocenters. The Bertz CT molecular complexity index is 637. The van der Waals surface area contributed by atoms with Crippen molar-refractivity contribution in [3.63, 3.8) is 0 Å². The molecule has 0 N–H and O–H groups in total. The zero-order valence-corrected chi connectivity index (χ0v) is 9.91. The van der Waals surface area contributed by atoms with Crippen LogP contribution in [0.15, 0.2) is 40.3 Å². The molecule has 1 aromatic heterocycles. The number of allylic oxidation sites excluding steroid dienone is 2. The van der Waals surface area contributed by atoms with E-state index in [1.54, 1.807) is 12.1 Å². The summed E-state index contributed by atoms with van der Waals surface area (Å²) in [6.45, 7) is 0. The smallest absolute Gasteiger partial charge is 0.223 e. The van der Waals surface area contributed by atoms with Gasteiger partial charge in [-0.05, 0) is 55.5 Å². The summed E-state index contributed by atoms with van der Waals surface area (Å²) in [5.74, 6) is -0.0748. The van der Waals surface area contributed by atoms with E-state index in [9.17, 15) is 9.18 Å². The number of hydrogen-bond donors (Lipinski definition) is 0. The van der Waals surface area contributed by atoms with E-state index in [4.69, 9.17) is 4.42 Å². The minimum absolute atomic E-state index is 0.0636. The van der Waals surface area contributed by atoms with E-state index in [0.29, 0.717) is 16.7 Å². The summed E-state index contributed by atoms with van der Waals surface area (Å²) >= 11 is 0. The van der Waals surface area contributed by atoms with Crippen molar-refractivity contribution >= 4 is 16.8 Å². The van der Waals surface area contributed by atoms with E-state index in [1.807, 2.05) is 6.08 Å². The summed E-state index contributed by atoms with van der Waals surface area (Å²) in [4.78, 5) is 12.2. The maximum absolute atomic E-state index is 13.1. The molecule has 0 aliphatic heterocycles. The van der Waals surface area contributed by atoms with E-state index >= 15 is 0 Å². The summed E-state index contributed by atoms with van der Waals surface area (Å²) in [5, 5.41) is 0.634. The number of carbonyl (C=O) groups excluding carboxylic acids is 1. The lowest BCUT2D eigenvalue weighted by molar-refractivity contribution is 0.100. The quantitative estimate of drug-likeness (QED) is 0.739. The number of rotatable bonds is 2. The minimum atomic E-state index is -0.320. The molecule has 1 heterocycles. The molecule has 0 radical (unpaired) electrons. The number of carbonyl (C=O) groups is 1. The van der Waals surface area contributed by atoms with Crippen LogP contribution in [0.4, 0.5) is 4.39 Å². The molecule has 0 saturated carbocycles. The zero-order chi connectivity index (χ0) is 12.5. The van der Waals surface area contributed by atoms with Gasteiger partial charge >= 0.3 is 0 Å². The van der Waals surface area contributed by atoms with Gasteiger partial charge in [0.2, 0.25) is 5.78 Å². The molecule has 0 amide bonds. The van der Waals surface area contributed by atoms with Crippen LogP contribution in [-0.4, -0.2) is 5.78 Å². The van der Waals surface area contributed by atoms with Crippen LogP contribution in [-0.2, 0) is 0 Å². The number of benzene rings is 1. The highest BCUT2D eigenvalue weighted by Crippen LogP contribution is 2.25. The summed E-state index contributed by atoms with van der Waals surface area (Å²) in [6.07, 6.45) is 5.94. The number of furan rings is 1. The third kappa shape index (κ3) is 1.96. The molecule has 1 aliphatic rings. The second-order valence-electron chi connectivity index (χ2n) is 4.60. The fraction of sp³-hybridized carbons (Fsp3) is 0.267. The van der Waals surface area contributed by atoms with E-state index in [2.05, 4.69) is 0 Å². The maximum Gasteiger partial charge on any atom is 0.223 e. The summed E-state index contributed by atoms with van der Waals surface area (Å²) in [7, 11) is 0. The first-order chi connectivity index (χ1) is 8.74. The Morgan fingerprint density at radius 3 is 2.89 bits per heavy atom. The molecule has 0 spiro atoms. The van der Waals surface area contributed by atoms with Gasteiger partial charge < -0.3 is 4.42 Å². The van der Waals surface area contributed by atoms with Crippen molar-refractivity contribution in [3.8, 4) is 0 Å². The SMILES string of the molecule is O=C(C1=CCCCC1)c1cc2cc(F)ccc2o1. The average Bonchev–Trinajstić information content (AvgIpc) is 2.81. The Hall–Kier alpha value is -1.90. The van der Waals surface area contributed by atoms with Gasteiger partial charge in [-0.2, -0.15) is 0 Å². The highest BCUT2D eigenvalue weighted by Gasteiger charge is 2.18. The third-order valence-electron chi connectivity index (χ3n) is 3.28. The van der Waals surface area contributed by atoms with Crippen LogP contribution in [0.3, 0.4) is 0 Å². The van der Waals surface area contributed by atoms with Gasteiger partial charge in [-0.3, -0.25) is 4.79 Å². The summed E-state index contributed by atoms with van der Waals surface area (Å²) in [5.41, 5.74) is 1.37. The molecule has 2 aromatic rings. The molecule has 92 valence electrons. The lowest BCUT2D eigenvalue weighted by Crippen LogP contribution is -2.05. The van der Waals surface area contributed by atoms with E-state index in [-0.39, 0.29) is 11.6 Å². The van der Waals surface area contributed by atoms with Crippen LogP contribution < -0.4 is 0 Å². The maximum atomic E-state index is 13.1. The lowest BCUT2D eigenvalue weighted by Gasteiger charge is -2.09. The van der Waals surface area contributed by atoms with Crippen LogP contribution in [0.5, 0.6) is 0 Å². The Morgan fingerprint density at radius 1 is 1.22 bits per heavy atom. The molecule has 0 bridgehead atoms. The van der Waals surface area contributed by atoms with Crippen LogP contribution in [0.25, 0.3) is 11.0 Å². The second-order valence-corrected chi connectivity index (χ2v) is 4.60. The average molecular weight is 244 g/mol. The second kappa shape index (κ2) is 4.41. The molecule has 0 atom stereocenters. The molecule has 2 nitrogen and oxygen atoms in total. The van der Waals surface area contributed by atoms with Gasteiger partial charge in [0.1, 0.15) is 11.4 Å². The minimum Gasteiger partial charge on any atom is -0.453 e. The third-order valence-corrected chi connectivity index (χ3v) is 3.28. The Morgan fingerprint density at radius 2 is 2.11 bits per heavy atom. The lowest BCUT2D eigenvalue weighted by atomic mass is 9.95. The zero-order valence-electron chi connectivity index (χ0n) is 9.91. The number of fused-ring (bicyclic) bond motifs is 1. The van der Waals surface area contributed by atoms with Crippen molar-refractivity contribution in [2.75, 3.05) is 0 Å². The molecule has 18 heavy (non-hydrogen) atoms. The Kier molecular flexibility index (Phi) is 2.74. The standard InChI is InChI=1S/C15H13FO2/c16-12-6-7-13-11(8-12)9-14(18-13)15(17)10-4-2-1-3-5-10/h4,6-9H,1-3,5H2. The van der Waals surface area contributed by atoms with Crippen LogP contribution in [0.2, 0.25) is 0 Å². The van der Waals surface area contributed by atoms with Gasteiger partial charge in [-0.25, -0.2) is 4.39 Å². The van der Waals surface area contributed by atoms with Crippen LogP contribution in [0.1, 0.15) is 36.2 Å². The molecular weight excluding hydrogens is 231 g/mol. The predicted molar refractivity (Wildman–Crippen MR) is 67.1 cm³/mol. The van der Waals surface area contributed by atoms with Gasteiger partial charge in [0.25, 0.3) is 0 Å². The molecule has 0 saturated heterocycles. The van der Waals surface area contributed by atoms with Gasteiger partial charge in [-0.1, -0.05) is 6.08 Å². The van der Waals surface area contributed by atoms with E-state index in [1.165, 1.54) is 12.1 Å². The van der Waals surface area contributed by atoms with Crippen molar-refractivity contribution in [1.82, 2.24) is 0 Å². The van der Waals surface area contributed by atoms with Crippen molar-refractivity contribution < 1.29 is 13.6 Å². The van der Waals surface area contributed by atoms with Crippen molar-refractivity contribution in [1.29, 1.82) is 0 Å². The summed E-state index contributed by atoms with van der Waals surface area (Å²) in [6, 6.07) is 5.89. The predicted octanol–water partition coefficient (Wildman–Crippen LogP) is 4.26. The normalized spacial score (nSPS) is 15.7. The first-order valence-electron chi connectivity index (χ1n) is 6.17. The van der Waals surface area contributed by atoms with Gasteiger partial charge in [0.05, 0.1) is 0 Å². The van der Waals surface area contributed by atoms with E-state index < -0.39 is 0 Å². The summed E-state index contributed by atoms with van der Waals surface area (Å²) < 4.78 is 18.5. The Balaban J connectivity index is 1.98. The molecule has 1 aromatic carbocycles. The monoisotopic (exact) mass is 244 g/mol. The highest BCUT2D eigenvalue weighted by molar-refractivity contribution is 6.08. The number of halogens is 1. The fourth-order valence-electron chi connectivity index (χ4n) is 2.33. The van der Waals surface area contributed by atoms with Crippen molar-refractivity contribution in [2.24, 2.45) is 0 Å². The fourth-order valence-corrected chi connectivity index (χ4v) is 2.33. The number of Topliss-reactive ketones (excluding diaryl/α,β-unsaturated/α-hetero) is 1.